The van der Waals surface area contributed by atoms with Crippen molar-refractivity contribution in [2.45, 2.75) is 13.8 Å². The molecule has 0 aliphatic carbocycles. The van der Waals surface area contributed by atoms with Gasteiger partial charge >= 0.3 is 0 Å². The molecule has 2 aromatic carbocycles. The molecule has 0 saturated carbocycles. The molecule has 0 unspecified atom stereocenters. The largest absolute Gasteiger partial charge is 0.490 e. The maximum atomic E-state index is 11.8. The number of carbonyl (C=O) groups excluding carboxylic acids is 1. The highest BCUT2D eigenvalue weighted by Crippen LogP contribution is 2.29. The van der Waals surface area contributed by atoms with Crippen molar-refractivity contribution in [1.29, 1.82) is 0 Å². The maximum Gasteiger partial charge on any atom is 0.263 e. The van der Waals surface area contributed by atoms with Crippen LogP contribution in [0.2, 0.25) is 0 Å². The first-order valence-electron chi connectivity index (χ1n) is 8.19. The van der Waals surface area contributed by atoms with Gasteiger partial charge in [0.1, 0.15) is 29.0 Å². The Kier molecular flexibility index (Phi) is 5.96. The molecule has 1 saturated heterocycles. The Labute approximate surface area is 162 Å². The van der Waals surface area contributed by atoms with E-state index in [0.29, 0.717) is 28.2 Å². The summed E-state index contributed by atoms with van der Waals surface area (Å²) in [5.74, 6) is 1.39. The van der Waals surface area contributed by atoms with Gasteiger partial charge in [0.15, 0.2) is 0 Å². The Bertz CT molecular complexity index is 877. The molecule has 4 nitrogen and oxygen atoms in total. The summed E-state index contributed by atoms with van der Waals surface area (Å²) in [5.41, 5.74) is 3.15. The van der Waals surface area contributed by atoms with Crippen LogP contribution in [0.3, 0.4) is 0 Å². The molecule has 1 amide bonds. The summed E-state index contributed by atoms with van der Waals surface area (Å²) in [4.78, 5) is 12.4. The van der Waals surface area contributed by atoms with Crippen molar-refractivity contribution >= 4 is 40.3 Å². The molecule has 1 N–H and O–H groups in total. The van der Waals surface area contributed by atoms with Gasteiger partial charge in [-0.25, -0.2) is 0 Å². The minimum Gasteiger partial charge on any atom is -0.490 e. The third kappa shape index (κ3) is 4.65. The van der Waals surface area contributed by atoms with E-state index in [2.05, 4.69) is 18.3 Å². The molecule has 0 aromatic heterocycles. The number of carbonyl (C=O) groups is 1. The number of thiocarbonyl (C=S) groups is 1. The summed E-state index contributed by atoms with van der Waals surface area (Å²) in [6.07, 6.45) is 1.79. The molecular formula is C20H19NO3S2. The van der Waals surface area contributed by atoms with Crippen molar-refractivity contribution in [3.63, 3.8) is 0 Å². The Morgan fingerprint density at radius 1 is 1.08 bits per heavy atom. The summed E-state index contributed by atoms with van der Waals surface area (Å²) in [7, 11) is 0. The van der Waals surface area contributed by atoms with Crippen LogP contribution < -0.4 is 14.8 Å². The summed E-state index contributed by atoms with van der Waals surface area (Å²) in [6.45, 7) is 4.93. The highest BCUT2D eigenvalue weighted by molar-refractivity contribution is 8.26. The smallest absolute Gasteiger partial charge is 0.263 e. The summed E-state index contributed by atoms with van der Waals surface area (Å²) in [6, 6.07) is 13.7. The molecule has 134 valence electrons. The second kappa shape index (κ2) is 8.38. The number of hydrogen-bond acceptors (Lipinski definition) is 5. The second-order valence-electron chi connectivity index (χ2n) is 5.86. The van der Waals surface area contributed by atoms with Gasteiger partial charge in [0.2, 0.25) is 0 Å². The number of thioether (sulfide) groups is 1. The lowest BCUT2D eigenvalue weighted by Crippen LogP contribution is -2.17. The molecule has 6 heteroatoms. The number of nitrogens with one attached hydrogen (secondary N) is 1. The van der Waals surface area contributed by atoms with Crippen LogP contribution in [0.1, 0.15) is 16.7 Å². The molecule has 0 atom stereocenters. The topological polar surface area (TPSA) is 47.6 Å². The Balaban J connectivity index is 1.61. The first kappa shape index (κ1) is 18.5. The Hall–Kier alpha value is -2.31. The van der Waals surface area contributed by atoms with Gasteiger partial charge in [0, 0.05) is 5.56 Å². The predicted molar refractivity (Wildman–Crippen MR) is 110 cm³/mol. The minimum atomic E-state index is -0.173. The van der Waals surface area contributed by atoms with Gasteiger partial charge < -0.3 is 14.8 Å². The van der Waals surface area contributed by atoms with Crippen molar-refractivity contribution in [3.05, 3.63) is 64.1 Å². The molecule has 3 rings (SSSR count). The SMILES string of the molecule is Cc1ccc(OCCOc2ccccc2/C=C2/SC(=S)NC2=O)c(C)c1. The molecule has 1 fully saturated rings. The Morgan fingerprint density at radius 2 is 1.81 bits per heavy atom. The first-order valence-corrected chi connectivity index (χ1v) is 9.42. The molecule has 0 spiro atoms. The zero-order valence-corrected chi connectivity index (χ0v) is 16.2. The van der Waals surface area contributed by atoms with Gasteiger partial charge in [-0.2, -0.15) is 0 Å². The lowest BCUT2D eigenvalue weighted by Gasteiger charge is -2.12. The average molecular weight is 386 g/mol. The van der Waals surface area contributed by atoms with E-state index in [1.807, 2.05) is 43.3 Å². The highest BCUT2D eigenvalue weighted by atomic mass is 32.2. The van der Waals surface area contributed by atoms with E-state index >= 15 is 0 Å². The maximum absolute atomic E-state index is 11.8. The molecule has 0 bridgehead atoms. The van der Waals surface area contributed by atoms with Crippen molar-refractivity contribution in [3.8, 4) is 11.5 Å². The van der Waals surface area contributed by atoms with E-state index in [-0.39, 0.29) is 5.91 Å². The van der Waals surface area contributed by atoms with Crippen LogP contribution in [0.4, 0.5) is 0 Å². The van der Waals surface area contributed by atoms with E-state index in [1.54, 1.807) is 6.08 Å². The lowest BCUT2D eigenvalue weighted by atomic mass is 10.1. The van der Waals surface area contributed by atoms with Crippen LogP contribution in [-0.4, -0.2) is 23.4 Å². The van der Waals surface area contributed by atoms with Gasteiger partial charge in [0.25, 0.3) is 5.91 Å². The van der Waals surface area contributed by atoms with Gasteiger partial charge in [-0.05, 0) is 37.6 Å². The predicted octanol–water partition coefficient (Wildman–Crippen LogP) is 4.25. The molecule has 26 heavy (non-hydrogen) atoms. The molecule has 0 radical (unpaired) electrons. The normalized spacial score (nSPS) is 15.2. The molecule has 1 aliphatic rings. The van der Waals surface area contributed by atoms with Gasteiger partial charge in [-0.1, -0.05) is 59.9 Å². The fraction of sp³-hybridized carbons (Fsp3) is 0.200. The number of rotatable bonds is 6. The summed E-state index contributed by atoms with van der Waals surface area (Å²) >= 11 is 6.27. The third-order valence-corrected chi connectivity index (χ3v) is 4.94. The molecule has 2 aromatic rings. The zero-order chi connectivity index (χ0) is 18.5. The lowest BCUT2D eigenvalue weighted by molar-refractivity contribution is -0.115. The number of aryl methyl sites for hydroxylation is 2. The molecule has 1 heterocycles. The van der Waals surface area contributed by atoms with E-state index in [0.717, 1.165) is 16.9 Å². The van der Waals surface area contributed by atoms with Crippen LogP contribution in [-0.2, 0) is 4.79 Å². The minimum absolute atomic E-state index is 0.173. The van der Waals surface area contributed by atoms with E-state index in [1.165, 1.54) is 17.3 Å². The van der Waals surface area contributed by atoms with Gasteiger partial charge in [-0.15, -0.1) is 0 Å². The molecule has 1 aliphatic heterocycles. The third-order valence-electron chi connectivity index (χ3n) is 3.78. The highest BCUT2D eigenvalue weighted by Gasteiger charge is 2.22. The van der Waals surface area contributed by atoms with Gasteiger partial charge in [-0.3, -0.25) is 4.79 Å². The van der Waals surface area contributed by atoms with E-state index in [9.17, 15) is 4.79 Å². The van der Waals surface area contributed by atoms with Crippen molar-refractivity contribution < 1.29 is 14.3 Å². The van der Waals surface area contributed by atoms with E-state index in [4.69, 9.17) is 21.7 Å². The number of hydrogen-bond donors (Lipinski definition) is 1. The van der Waals surface area contributed by atoms with Crippen molar-refractivity contribution in [1.82, 2.24) is 5.32 Å². The van der Waals surface area contributed by atoms with Crippen LogP contribution in [0.5, 0.6) is 11.5 Å². The Morgan fingerprint density at radius 3 is 2.50 bits per heavy atom. The van der Waals surface area contributed by atoms with Crippen LogP contribution in [0.15, 0.2) is 47.4 Å². The summed E-state index contributed by atoms with van der Waals surface area (Å²) < 4.78 is 12.1. The molecular weight excluding hydrogens is 366 g/mol. The van der Waals surface area contributed by atoms with Gasteiger partial charge in [0.05, 0.1) is 4.91 Å². The number of benzene rings is 2. The second-order valence-corrected chi connectivity index (χ2v) is 7.57. The first-order chi connectivity index (χ1) is 12.5. The van der Waals surface area contributed by atoms with Crippen molar-refractivity contribution in [2.24, 2.45) is 0 Å². The number of para-hydroxylation sites is 1. The number of amides is 1. The quantitative estimate of drug-likeness (QED) is 0.458. The van der Waals surface area contributed by atoms with E-state index < -0.39 is 0 Å². The standard InChI is InChI=1S/C20H19NO3S2/c1-13-7-8-16(14(2)11-13)23-9-10-24-17-6-4-3-5-15(17)12-18-19(22)21-20(25)26-18/h3-8,11-12H,9-10H2,1-2H3,(H,21,22,25)/b18-12+. The monoisotopic (exact) mass is 385 g/mol. The van der Waals surface area contributed by atoms with Crippen LogP contribution in [0, 0.1) is 13.8 Å². The van der Waals surface area contributed by atoms with Crippen LogP contribution in [0.25, 0.3) is 6.08 Å². The van der Waals surface area contributed by atoms with Crippen molar-refractivity contribution in [2.75, 3.05) is 13.2 Å². The average Bonchev–Trinajstić information content (AvgIpc) is 2.92. The zero-order valence-electron chi connectivity index (χ0n) is 14.6. The van der Waals surface area contributed by atoms with Crippen LogP contribution >= 0.6 is 24.0 Å². The number of ether oxygens (including phenoxy) is 2. The summed E-state index contributed by atoms with van der Waals surface area (Å²) in [5, 5.41) is 2.61. The fourth-order valence-corrected chi connectivity index (χ4v) is 3.59. The fourth-order valence-electron chi connectivity index (χ4n) is 2.56.